The van der Waals surface area contributed by atoms with Gasteiger partial charge >= 0.3 is 0 Å². The van der Waals surface area contributed by atoms with Gasteiger partial charge in [-0.25, -0.2) is 0 Å². The molecule has 118 valence electrons. The number of fused-ring (bicyclic) bond motifs is 1. The van der Waals surface area contributed by atoms with Crippen molar-refractivity contribution in [3.63, 3.8) is 0 Å². The van der Waals surface area contributed by atoms with Crippen molar-refractivity contribution in [1.82, 2.24) is 5.32 Å². The normalized spacial score (nSPS) is 16.6. The van der Waals surface area contributed by atoms with E-state index in [1.54, 1.807) is 0 Å². The molecule has 0 radical (unpaired) electrons. The second kappa shape index (κ2) is 7.81. The first-order valence-electron chi connectivity index (χ1n) is 8.25. The molecule has 1 aliphatic rings. The molecule has 0 bridgehead atoms. The maximum absolute atomic E-state index is 9.12. The van der Waals surface area contributed by atoms with Crippen molar-refractivity contribution in [1.29, 1.82) is 0 Å². The average Bonchev–Trinajstić information content (AvgIpc) is 2.93. The molecule has 0 aliphatic carbocycles. The van der Waals surface area contributed by atoms with Gasteiger partial charge in [0, 0.05) is 19.1 Å². The summed E-state index contributed by atoms with van der Waals surface area (Å²) in [5, 5.41) is 12.8. The predicted molar refractivity (Wildman–Crippen MR) is 86.7 cm³/mol. The minimum atomic E-state index is 0.280. The number of aliphatic hydroxyl groups excluding tert-OH is 1. The highest BCUT2D eigenvalue weighted by molar-refractivity contribution is 5.40. The number of aliphatic hydroxyl groups is 1. The lowest BCUT2D eigenvalue weighted by molar-refractivity contribution is 0.245. The molecule has 21 heavy (non-hydrogen) atoms. The average molecular weight is 291 g/mol. The Morgan fingerprint density at radius 1 is 1.33 bits per heavy atom. The van der Waals surface area contributed by atoms with Crippen LogP contribution in [-0.4, -0.2) is 24.9 Å². The molecule has 1 aromatic carbocycles. The van der Waals surface area contributed by atoms with Gasteiger partial charge in [-0.05, 0) is 42.0 Å². The Kier molecular flexibility index (Phi) is 6.07. The quantitative estimate of drug-likeness (QED) is 0.772. The van der Waals surface area contributed by atoms with Crippen molar-refractivity contribution in [2.75, 3.05) is 19.8 Å². The fraction of sp³-hybridized carbons (Fsp3) is 0.667. The van der Waals surface area contributed by atoms with E-state index in [2.05, 4.69) is 44.3 Å². The first-order valence-corrected chi connectivity index (χ1v) is 8.25. The van der Waals surface area contributed by atoms with E-state index in [-0.39, 0.29) is 6.61 Å². The monoisotopic (exact) mass is 291 g/mol. The molecule has 2 atom stereocenters. The highest BCUT2D eigenvalue weighted by Gasteiger charge is 2.20. The van der Waals surface area contributed by atoms with Crippen molar-refractivity contribution in [3.8, 4) is 5.75 Å². The lowest BCUT2D eigenvalue weighted by Crippen LogP contribution is -2.30. The van der Waals surface area contributed by atoms with Gasteiger partial charge < -0.3 is 15.2 Å². The molecule has 3 heteroatoms. The van der Waals surface area contributed by atoms with Gasteiger partial charge in [-0.2, -0.15) is 0 Å². The van der Waals surface area contributed by atoms with Gasteiger partial charge in [-0.15, -0.1) is 0 Å². The minimum Gasteiger partial charge on any atom is -0.493 e. The van der Waals surface area contributed by atoms with E-state index >= 15 is 0 Å². The van der Waals surface area contributed by atoms with Crippen molar-refractivity contribution in [2.45, 2.75) is 46.1 Å². The molecule has 1 heterocycles. The molecule has 1 aromatic rings. The van der Waals surface area contributed by atoms with Crippen molar-refractivity contribution in [2.24, 2.45) is 11.8 Å². The second-order valence-corrected chi connectivity index (χ2v) is 6.38. The summed E-state index contributed by atoms with van der Waals surface area (Å²) in [7, 11) is 0. The molecule has 2 unspecified atom stereocenters. The third-order valence-corrected chi connectivity index (χ3v) is 4.48. The van der Waals surface area contributed by atoms with Crippen LogP contribution >= 0.6 is 0 Å². The number of hydrogen-bond donors (Lipinski definition) is 2. The lowest BCUT2D eigenvalue weighted by atomic mass is 9.93. The van der Waals surface area contributed by atoms with Gasteiger partial charge in [0.1, 0.15) is 5.75 Å². The molecule has 0 spiro atoms. The molecule has 0 amide bonds. The van der Waals surface area contributed by atoms with Crippen molar-refractivity contribution >= 4 is 0 Å². The van der Waals surface area contributed by atoms with E-state index in [0.717, 1.165) is 38.2 Å². The Hall–Kier alpha value is -1.06. The van der Waals surface area contributed by atoms with Crippen LogP contribution in [-0.2, 0) is 6.42 Å². The number of ether oxygens (including phenoxy) is 1. The van der Waals surface area contributed by atoms with Crippen LogP contribution in [0.2, 0.25) is 0 Å². The molecule has 1 aliphatic heterocycles. The molecule has 0 fully saturated rings. The zero-order valence-corrected chi connectivity index (χ0v) is 13.6. The first kappa shape index (κ1) is 16.3. The third-order valence-electron chi connectivity index (χ3n) is 4.48. The SMILES string of the molecule is CCC(CCO)CNC(c1ccc2c(c1)CCO2)C(C)C. The van der Waals surface area contributed by atoms with Gasteiger partial charge in [0.25, 0.3) is 0 Å². The number of hydrogen-bond acceptors (Lipinski definition) is 3. The summed E-state index contributed by atoms with van der Waals surface area (Å²) in [6.45, 7) is 8.77. The van der Waals surface area contributed by atoms with E-state index in [9.17, 15) is 0 Å². The Labute approximate surface area is 128 Å². The number of benzene rings is 1. The number of nitrogens with one attached hydrogen (secondary N) is 1. The summed E-state index contributed by atoms with van der Waals surface area (Å²) < 4.78 is 5.59. The largest absolute Gasteiger partial charge is 0.493 e. The van der Waals surface area contributed by atoms with Crippen LogP contribution in [0, 0.1) is 11.8 Å². The van der Waals surface area contributed by atoms with Gasteiger partial charge in [0.05, 0.1) is 6.61 Å². The van der Waals surface area contributed by atoms with Crippen LogP contribution in [0.5, 0.6) is 5.75 Å². The molecular weight excluding hydrogens is 262 g/mol. The lowest BCUT2D eigenvalue weighted by Gasteiger charge is -2.26. The minimum absolute atomic E-state index is 0.280. The zero-order chi connectivity index (χ0) is 15.2. The standard InChI is InChI=1S/C18H29NO2/c1-4-14(7-9-20)12-19-18(13(2)3)16-5-6-17-15(11-16)8-10-21-17/h5-6,11,13-14,18-20H,4,7-10,12H2,1-3H3. The number of rotatable bonds is 8. The summed E-state index contributed by atoms with van der Waals surface area (Å²) in [6.07, 6.45) is 3.01. The van der Waals surface area contributed by atoms with Crippen LogP contribution < -0.4 is 10.1 Å². The maximum Gasteiger partial charge on any atom is 0.122 e. The highest BCUT2D eigenvalue weighted by Crippen LogP contribution is 2.30. The fourth-order valence-electron chi connectivity index (χ4n) is 3.07. The van der Waals surface area contributed by atoms with E-state index in [0.29, 0.717) is 17.9 Å². The van der Waals surface area contributed by atoms with E-state index in [1.807, 2.05) is 0 Å². The second-order valence-electron chi connectivity index (χ2n) is 6.38. The summed E-state index contributed by atoms with van der Waals surface area (Å²) in [6, 6.07) is 6.96. The summed E-state index contributed by atoms with van der Waals surface area (Å²) in [5.74, 6) is 2.14. The smallest absolute Gasteiger partial charge is 0.122 e. The van der Waals surface area contributed by atoms with Gasteiger partial charge in [0.2, 0.25) is 0 Å². The Morgan fingerprint density at radius 3 is 2.81 bits per heavy atom. The van der Waals surface area contributed by atoms with Crippen LogP contribution in [0.25, 0.3) is 0 Å². The molecule has 0 aromatic heterocycles. The van der Waals surface area contributed by atoms with Gasteiger partial charge in [0.15, 0.2) is 0 Å². The summed E-state index contributed by atoms with van der Waals surface area (Å²) >= 11 is 0. The van der Waals surface area contributed by atoms with Crippen molar-refractivity contribution in [3.05, 3.63) is 29.3 Å². The topological polar surface area (TPSA) is 41.5 Å². The molecule has 2 N–H and O–H groups in total. The molecule has 0 saturated carbocycles. The Bertz CT molecular complexity index is 445. The van der Waals surface area contributed by atoms with E-state index in [4.69, 9.17) is 9.84 Å². The van der Waals surface area contributed by atoms with Crippen LogP contribution in [0.4, 0.5) is 0 Å². The van der Waals surface area contributed by atoms with Gasteiger partial charge in [-0.1, -0.05) is 39.3 Å². The highest BCUT2D eigenvalue weighted by atomic mass is 16.5. The molecular formula is C18H29NO2. The Balaban J connectivity index is 2.05. The summed E-state index contributed by atoms with van der Waals surface area (Å²) in [4.78, 5) is 0. The van der Waals surface area contributed by atoms with Crippen LogP contribution in [0.3, 0.4) is 0 Å². The van der Waals surface area contributed by atoms with Crippen LogP contribution in [0.1, 0.15) is 50.8 Å². The molecule has 2 rings (SSSR count). The molecule has 3 nitrogen and oxygen atoms in total. The summed E-state index contributed by atoms with van der Waals surface area (Å²) in [5.41, 5.74) is 2.69. The maximum atomic E-state index is 9.12. The van der Waals surface area contributed by atoms with E-state index < -0.39 is 0 Å². The predicted octanol–water partition coefficient (Wildman–Crippen LogP) is 3.32. The third kappa shape index (κ3) is 4.21. The van der Waals surface area contributed by atoms with Crippen molar-refractivity contribution < 1.29 is 9.84 Å². The first-order chi connectivity index (χ1) is 10.2. The fourth-order valence-corrected chi connectivity index (χ4v) is 3.07. The Morgan fingerprint density at radius 2 is 2.14 bits per heavy atom. The molecule has 0 saturated heterocycles. The van der Waals surface area contributed by atoms with Crippen LogP contribution in [0.15, 0.2) is 18.2 Å². The van der Waals surface area contributed by atoms with Gasteiger partial charge in [-0.3, -0.25) is 0 Å². The van der Waals surface area contributed by atoms with E-state index in [1.165, 1.54) is 11.1 Å². The zero-order valence-electron chi connectivity index (χ0n) is 13.6.